The van der Waals surface area contributed by atoms with Gasteiger partial charge in [-0.05, 0) is 0 Å². The van der Waals surface area contributed by atoms with Crippen LogP contribution in [0.1, 0.15) is 6.42 Å². The Labute approximate surface area is 81.6 Å². The third-order valence-electron chi connectivity index (χ3n) is 1.68. The van der Waals surface area contributed by atoms with Crippen molar-refractivity contribution in [2.45, 2.75) is 12.5 Å². The first-order valence-electron chi connectivity index (χ1n) is 4.16. The Bertz CT molecular complexity index is 254. The molecule has 1 fully saturated rings. The van der Waals surface area contributed by atoms with Crippen molar-refractivity contribution < 1.29 is 23.8 Å². The van der Waals surface area contributed by atoms with Crippen LogP contribution in [0.5, 0.6) is 0 Å². The Morgan fingerprint density at radius 2 is 2.21 bits per heavy atom. The second kappa shape index (κ2) is 4.76. The van der Waals surface area contributed by atoms with Crippen LogP contribution < -0.4 is 0 Å². The van der Waals surface area contributed by atoms with Crippen LogP contribution in [0.25, 0.3) is 0 Å². The monoisotopic (exact) mass is 200 g/mol. The molecule has 0 aromatic rings. The van der Waals surface area contributed by atoms with Crippen molar-refractivity contribution in [2.75, 3.05) is 20.3 Å². The first kappa shape index (κ1) is 10.7. The van der Waals surface area contributed by atoms with Gasteiger partial charge in [-0.15, -0.1) is 0 Å². The maximum absolute atomic E-state index is 11.1. The molecule has 78 valence electrons. The highest BCUT2D eigenvalue weighted by molar-refractivity contribution is 5.93. The van der Waals surface area contributed by atoms with Crippen molar-refractivity contribution in [1.82, 2.24) is 0 Å². The van der Waals surface area contributed by atoms with Gasteiger partial charge in [0.1, 0.15) is 12.7 Å². The van der Waals surface area contributed by atoms with E-state index in [2.05, 4.69) is 11.3 Å². The molecule has 0 aliphatic carbocycles. The molecule has 0 aromatic heterocycles. The Morgan fingerprint density at radius 1 is 1.57 bits per heavy atom. The van der Waals surface area contributed by atoms with Crippen LogP contribution in [0.2, 0.25) is 0 Å². The number of carbonyl (C=O) groups excluding carboxylic acids is 2. The van der Waals surface area contributed by atoms with E-state index in [-0.39, 0.29) is 24.7 Å². The first-order chi connectivity index (χ1) is 6.63. The normalized spacial score (nSPS) is 18.5. The molecule has 0 radical (unpaired) electrons. The van der Waals surface area contributed by atoms with Crippen LogP contribution >= 0.6 is 0 Å². The van der Waals surface area contributed by atoms with Gasteiger partial charge in [-0.1, -0.05) is 6.58 Å². The number of hydrogen-bond donors (Lipinski definition) is 0. The third-order valence-corrected chi connectivity index (χ3v) is 1.68. The molecule has 0 spiro atoms. The van der Waals surface area contributed by atoms with E-state index in [0.717, 1.165) is 0 Å². The standard InChI is InChI=1S/C9H12O5/c1-6(3-8(10)12-2)9(11)14-5-7-4-13-7/h7H,1,3-5H2,2H3. The average molecular weight is 200 g/mol. The average Bonchev–Trinajstić information content (AvgIpc) is 2.97. The van der Waals surface area contributed by atoms with Gasteiger partial charge >= 0.3 is 11.9 Å². The van der Waals surface area contributed by atoms with Gasteiger partial charge in [-0.25, -0.2) is 4.79 Å². The van der Waals surface area contributed by atoms with Crippen molar-refractivity contribution >= 4 is 11.9 Å². The van der Waals surface area contributed by atoms with E-state index in [1.54, 1.807) is 0 Å². The Balaban J connectivity index is 2.20. The van der Waals surface area contributed by atoms with Gasteiger partial charge in [0.05, 0.1) is 20.1 Å². The highest BCUT2D eigenvalue weighted by Gasteiger charge is 2.25. The highest BCUT2D eigenvalue weighted by Crippen LogP contribution is 2.10. The second-order valence-corrected chi connectivity index (χ2v) is 2.91. The van der Waals surface area contributed by atoms with Crippen molar-refractivity contribution in [3.05, 3.63) is 12.2 Å². The topological polar surface area (TPSA) is 65.1 Å². The van der Waals surface area contributed by atoms with E-state index in [4.69, 9.17) is 9.47 Å². The molecule has 0 aromatic carbocycles. The van der Waals surface area contributed by atoms with Gasteiger partial charge in [0, 0.05) is 5.57 Å². The molecule has 0 bridgehead atoms. The molecule has 1 saturated heterocycles. The summed E-state index contributed by atoms with van der Waals surface area (Å²) in [4.78, 5) is 21.9. The van der Waals surface area contributed by atoms with E-state index < -0.39 is 11.9 Å². The lowest BCUT2D eigenvalue weighted by atomic mass is 10.2. The number of epoxide rings is 1. The van der Waals surface area contributed by atoms with Gasteiger partial charge in [0.2, 0.25) is 0 Å². The predicted molar refractivity (Wildman–Crippen MR) is 46.5 cm³/mol. The van der Waals surface area contributed by atoms with E-state index in [1.807, 2.05) is 0 Å². The fourth-order valence-electron chi connectivity index (χ4n) is 0.754. The first-order valence-corrected chi connectivity index (χ1v) is 4.16. The summed E-state index contributed by atoms with van der Waals surface area (Å²) in [5, 5.41) is 0. The Hall–Kier alpha value is -1.36. The fraction of sp³-hybridized carbons (Fsp3) is 0.556. The summed E-state index contributed by atoms with van der Waals surface area (Å²) in [6.07, 6.45) is -0.120. The molecule has 0 amide bonds. The van der Waals surface area contributed by atoms with E-state index >= 15 is 0 Å². The van der Waals surface area contributed by atoms with Crippen molar-refractivity contribution in [1.29, 1.82) is 0 Å². The molecule has 5 heteroatoms. The number of ether oxygens (including phenoxy) is 3. The number of methoxy groups -OCH3 is 1. The summed E-state index contributed by atoms with van der Waals surface area (Å²) >= 11 is 0. The molecular formula is C9H12O5. The lowest BCUT2D eigenvalue weighted by Crippen LogP contribution is -2.14. The number of hydrogen-bond acceptors (Lipinski definition) is 5. The minimum atomic E-state index is -0.578. The Kier molecular flexibility index (Phi) is 3.64. The molecule has 1 aliphatic rings. The minimum absolute atomic E-state index is 0.0184. The number of carbonyl (C=O) groups is 2. The molecule has 0 saturated carbocycles. The maximum Gasteiger partial charge on any atom is 0.334 e. The van der Waals surface area contributed by atoms with Crippen LogP contribution in [-0.4, -0.2) is 38.4 Å². The smallest absolute Gasteiger partial charge is 0.334 e. The summed E-state index contributed by atoms with van der Waals surface area (Å²) < 4.78 is 14.0. The molecular weight excluding hydrogens is 188 g/mol. The van der Waals surface area contributed by atoms with Crippen LogP contribution in [-0.2, 0) is 23.8 Å². The van der Waals surface area contributed by atoms with Crippen LogP contribution in [0.4, 0.5) is 0 Å². The van der Waals surface area contributed by atoms with Crippen molar-refractivity contribution in [3.8, 4) is 0 Å². The van der Waals surface area contributed by atoms with Crippen LogP contribution in [0, 0.1) is 0 Å². The lowest BCUT2D eigenvalue weighted by Gasteiger charge is -2.04. The molecule has 14 heavy (non-hydrogen) atoms. The summed E-state index contributed by atoms with van der Waals surface area (Å²) in [6.45, 7) is 4.27. The van der Waals surface area contributed by atoms with Gasteiger partial charge in [-0.3, -0.25) is 4.79 Å². The third kappa shape index (κ3) is 3.57. The SMILES string of the molecule is C=C(CC(=O)OC)C(=O)OCC1CO1. The van der Waals surface area contributed by atoms with Gasteiger partial charge in [0.25, 0.3) is 0 Å². The molecule has 1 heterocycles. The van der Waals surface area contributed by atoms with E-state index in [1.165, 1.54) is 7.11 Å². The predicted octanol–water partition coefficient (Wildman–Crippen LogP) is 0.0477. The number of rotatable bonds is 5. The summed E-state index contributed by atoms with van der Waals surface area (Å²) in [6, 6.07) is 0. The van der Waals surface area contributed by atoms with Crippen molar-refractivity contribution in [2.24, 2.45) is 0 Å². The van der Waals surface area contributed by atoms with Crippen LogP contribution in [0.3, 0.4) is 0 Å². The van der Waals surface area contributed by atoms with Gasteiger partial charge in [-0.2, -0.15) is 0 Å². The summed E-state index contributed by atoms with van der Waals surface area (Å²) in [5.41, 5.74) is 0.0949. The summed E-state index contributed by atoms with van der Waals surface area (Å²) in [7, 11) is 1.25. The highest BCUT2D eigenvalue weighted by atomic mass is 16.6. The molecule has 0 N–H and O–H groups in total. The van der Waals surface area contributed by atoms with Crippen LogP contribution in [0.15, 0.2) is 12.2 Å². The quantitative estimate of drug-likeness (QED) is 0.356. The molecule has 5 nitrogen and oxygen atoms in total. The zero-order valence-corrected chi connectivity index (χ0v) is 7.95. The fourth-order valence-corrected chi connectivity index (χ4v) is 0.754. The molecule has 1 unspecified atom stereocenters. The van der Waals surface area contributed by atoms with E-state index in [0.29, 0.717) is 6.61 Å². The second-order valence-electron chi connectivity index (χ2n) is 2.91. The summed E-state index contributed by atoms with van der Waals surface area (Å²) in [5.74, 6) is -1.08. The zero-order valence-electron chi connectivity index (χ0n) is 7.95. The minimum Gasteiger partial charge on any atom is -0.469 e. The molecule has 1 rings (SSSR count). The molecule has 1 aliphatic heterocycles. The molecule has 1 atom stereocenters. The number of esters is 2. The Morgan fingerprint density at radius 3 is 2.71 bits per heavy atom. The van der Waals surface area contributed by atoms with Crippen molar-refractivity contribution in [3.63, 3.8) is 0 Å². The zero-order chi connectivity index (χ0) is 10.6. The van der Waals surface area contributed by atoms with Gasteiger partial charge in [0.15, 0.2) is 0 Å². The van der Waals surface area contributed by atoms with Gasteiger partial charge < -0.3 is 14.2 Å². The maximum atomic E-state index is 11.1. The van der Waals surface area contributed by atoms with E-state index in [9.17, 15) is 9.59 Å². The lowest BCUT2D eigenvalue weighted by molar-refractivity contribution is -0.144. The largest absolute Gasteiger partial charge is 0.469 e.